The number of rotatable bonds is 1. The predicted molar refractivity (Wildman–Crippen MR) is 39.6 cm³/mol. The summed E-state index contributed by atoms with van der Waals surface area (Å²) in [6.45, 7) is 0. The van der Waals surface area contributed by atoms with Crippen molar-refractivity contribution in [1.82, 2.24) is 20.4 Å². The first kappa shape index (κ1) is 6.90. The fraction of sp³-hybridized carbons (Fsp3) is 0. The van der Waals surface area contributed by atoms with E-state index in [1.165, 1.54) is 18.5 Å². The van der Waals surface area contributed by atoms with E-state index < -0.39 is 0 Å². The second-order valence-electron chi connectivity index (χ2n) is 2.25. The average Bonchev–Trinajstić information content (AvgIpc) is 2.56. The predicted octanol–water partition coefficient (Wildman–Crippen LogP) is 1.01. The minimum atomic E-state index is -0.379. The van der Waals surface area contributed by atoms with E-state index in [9.17, 15) is 4.39 Å². The highest BCUT2D eigenvalue weighted by Crippen LogP contribution is 2.13. The van der Waals surface area contributed by atoms with Gasteiger partial charge in [-0.1, -0.05) is 0 Å². The van der Waals surface area contributed by atoms with E-state index in [1.807, 2.05) is 0 Å². The van der Waals surface area contributed by atoms with Crippen LogP contribution in [0.1, 0.15) is 0 Å². The van der Waals surface area contributed by atoms with Crippen LogP contribution in [0.5, 0.6) is 0 Å². The molecule has 1 N–H and O–H groups in total. The lowest BCUT2D eigenvalue weighted by molar-refractivity contribution is 0.622. The molecule has 0 radical (unpaired) electrons. The highest BCUT2D eigenvalue weighted by molar-refractivity contribution is 5.55. The van der Waals surface area contributed by atoms with Crippen LogP contribution >= 0.6 is 0 Å². The van der Waals surface area contributed by atoms with Gasteiger partial charge in [-0.2, -0.15) is 15.4 Å². The summed E-state index contributed by atoms with van der Waals surface area (Å²) in [6, 6.07) is 1.35. The van der Waals surface area contributed by atoms with Crippen LogP contribution in [0.4, 0.5) is 4.39 Å². The van der Waals surface area contributed by atoms with Gasteiger partial charge in [0.05, 0.1) is 12.4 Å². The lowest BCUT2D eigenvalue weighted by Crippen LogP contribution is -1.82. The van der Waals surface area contributed by atoms with Gasteiger partial charge in [0.1, 0.15) is 11.5 Å². The Labute approximate surface area is 67.5 Å². The van der Waals surface area contributed by atoms with Crippen molar-refractivity contribution in [3.8, 4) is 11.3 Å². The number of aromatic amines is 1. The maximum Gasteiger partial charge on any atom is 0.142 e. The van der Waals surface area contributed by atoms with Crippen LogP contribution in [0.2, 0.25) is 0 Å². The summed E-state index contributed by atoms with van der Waals surface area (Å²) < 4.78 is 12.6. The third kappa shape index (κ3) is 1.16. The Hall–Kier alpha value is -1.78. The summed E-state index contributed by atoms with van der Waals surface area (Å²) in [7, 11) is 0. The molecule has 0 saturated carbocycles. The van der Waals surface area contributed by atoms with Crippen LogP contribution in [0, 0.1) is 5.82 Å². The molecule has 0 amide bonds. The summed E-state index contributed by atoms with van der Waals surface area (Å²) in [4.78, 5) is 3.68. The lowest BCUT2D eigenvalue weighted by atomic mass is 10.2. The molecule has 0 aliphatic heterocycles. The van der Waals surface area contributed by atoms with Crippen molar-refractivity contribution in [2.45, 2.75) is 0 Å². The van der Waals surface area contributed by atoms with Crippen molar-refractivity contribution >= 4 is 0 Å². The molecule has 0 bridgehead atoms. The third-order valence-electron chi connectivity index (χ3n) is 1.42. The van der Waals surface area contributed by atoms with E-state index in [1.54, 1.807) is 0 Å². The van der Waals surface area contributed by atoms with Crippen molar-refractivity contribution < 1.29 is 4.39 Å². The maximum absolute atomic E-state index is 12.6. The Morgan fingerprint density at radius 3 is 2.83 bits per heavy atom. The van der Waals surface area contributed by atoms with Gasteiger partial charge in [-0.3, -0.25) is 4.98 Å². The molecule has 4 nitrogen and oxygen atoms in total. The highest BCUT2D eigenvalue weighted by atomic mass is 19.1. The zero-order valence-electron chi connectivity index (χ0n) is 6.03. The van der Waals surface area contributed by atoms with Gasteiger partial charge >= 0.3 is 0 Å². The SMILES string of the molecule is Fc1cncc(-c2cn[nH]n2)c1. The molecule has 0 fully saturated rings. The molecule has 0 spiro atoms. The zero-order valence-corrected chi connectivity index (χ0v) is 6.03. The second-order valence-corrected chi connectivity index (χ2v) is 2.25. The van der Waals surface area contributed by atoms with Gasteiger partial charge in [-0.05, 0) is 6.07 Å². The molecular formula is C7H5FN4. The smallest absolute Gasteiger partial charge is 0.142 e. The van der Waals surface area contributed by atoms with E-state index in [-0.39, 0.29) is 5.82 Å². The van der Waals surface area contributed by atoms with E-state index in [0.717, 1.165) is 6.20 Å². The monoisotopic (exact) mass is 164 g/mol. The summed E-state index contributed by atoms with van der Waals surface area (Å²) in [5, 5.41) is 9.82. The quantitative estimate of drug-likeness (QED) is 0.684. The first-order valence-corrected chi connectivity index (χ1v) is 3.33. The van der Waals surface area contributed by atoms with Crippen LogP contribution in [0.25, 0.3) is 11.3 Å². The molecule has 0 aliphatic rings. The first-order valence-electron chi connectivity index (χ1n) is 3.33. The molecule has 0 atom stereocenters. The second kappa shape index (κ2) is 2.69. The Balaban J connectivity index is 2.48. The van der Waals surface area contributed by atoms with Gasteiger partial charge in [0.2, 0.25) is 0 Å². The summed E-state index contributed by atoms with van der Waals surface area (Å²) in [5.41, 5.74) is 1.20. The van der Waals surface area contributed by atoms with E-state index in [0.29, 0.717) is 11.3 Å². The van der Waals surface area contributed by atoms with E-state index >= 15 is 0 Å². The number of hydrogen-bond donors (Lipinski definition) is 1. The standard InChI is InChI=1S/C7H5FN4/c8-6-1-5(2-9-3-6)7-4-10-12-11-7/h1-4H,(H,10,11,12). The Kier molecular flexibility index (Phi) is 1.55. The number of H-pyrrole nitrogens is 1. The largest absolute Gasteiger partial charge is 0.261 e. The van der Waals surface area contributed by atoms with Crippen LogP contribution < -0.4 is 0 Å². The van der Waals surface area contributed by atoms with Crippen LogP contribution in [-0.2, 0) is 0 Å². The Morgan fingerprint density at radius 2 is 2.17 bits per heavy atom. The molecular weight excluding hydrogens is 159 g/mol. The van der Waals surface area contributed by atoms with Crippen molar-refractivity contribution in [2.75, 3.05) is 0 Å². The minimum absolute atomic E-state index is 0.379. The number of hydrogen-bond acceptors (Lipinski definition) is 3. The lowest BCUT2D eigenvalue weighted by Gasteiger charge is -1.92. The van der Waals surface area contributed by atoms with Gasteiger partial charge in [-0.15, -0.1) is 0 Å². The maximum atomic E-state index is 12.6. The number of nitrogens with one attached hydrogen (secondary N) is 1. The van der Waals surface area contributed by atoms with Crippen molar-refractivity contribution in [3.63, 3.8) is 0 Å². The molecule has 60 valence electrons. The van der Waals surface area contributed by atoms with Gasteiger partial charge in [-0.25, -0.2) is 4.39 Å². The van der Waals surface area contributed by atoms with Gasteiger partial charge in [0.15, 0.2) is 0 Å². The number of aromatic nitrogens is 4. The molecule has 0 aromatic carbocycles. The summed E-state index contributed by atoms with van der Waals surface area (Å²) >= 11 is 0. The molecule has 0 unspecified atom stereocenters. The highest BCUT2D eigenvalue weighted by Gasteiger charge is 2.01. The van der Waals surface area contributed by atoms with E-state index in [2.05, 4.69) is 20.4 Å². The normalized spacial score (nSPS) is 10.1. The fourth-order valence-electron chi connectivity index (χ4n) is 0.893. The molecule has 2 heterocycles. The van der Waals surface area contributed by atoms with Crippen LogP contribution in [-0.4, -0.2) is 20.4 Å². The number of nitrogens with zero attached hydrogens (tertiary/aromatic N) is 3. The average molecular weight is 164 g/mol. The Bertz CT molecular complexity index is 371. The number of halogens is 1. The molecule has 2 rings (SSSR count). The molecule has 2 aromatic heterocycles. The minimum Gasteiger partial charge on any atom is -0.261 e. The molecule has 0 aliphatic carbocycles. The van der Waals surface area contributed by atoms with Crippen LogP contribution in [0.3, 0.4) is 0 Å². The molecule has 2 aromatic rings. The zero-order chi connectivity index (χ0) is 8.39. The van der Waals surface area contributed by atoms with Crippen molar-refractivity contribution in [2.24, 2.45) is 0 Å². The van der Waals surface area contributed by atoms with Crippen molar-refractivity contribution in [3.05, 3.63) is 30.5 Å². The topological polar surface area (TPSA) is 54.5 Å². The third-order valence-corrected chi connectivity index (χ3v) is 1.42. The van der Waals surface area contributed by atoms with Gasteiger partial charge < -0.3 is 0 Å². The molecule has 0 saturated heterocycles. The van der Waals surface area contributed by atoms with Crippen molar-refractivity contribution in [1.29, 1.82) is 0 Å². The molecule has 12 heavy (non-hydrogen) atoms. The summed E-state index contributed by atoms with van der Waals surface area (Å²) in [6.07, 6.45) is 4.18. The number of pyridine rings is 1. The summed E-state index contributed by atoms with van der Waals surface area (Å²) in [5.74, 6) is -0.379. The fourth-order valence-corrected chi connectivity index (χ4v) is 0.893. The van der Waals surface area contributed by atoms with E-state index in [4.69, 9.17) is 0 Å². The van der Waals surface area contributed by atoms with Crippen LogP contribution in [0.15, 0.2) is 24.7 Å². The molecule has 5 heteroatoms. The van der Waals surface area contributed by atoms with Gasteiger partial charge in [0.25, 0.3) is 0 Å². The Morgan fingerprint density at radius 1 is 1.25 bits per heavy atom. The first-order chi connectivity index (χ1) is 5.86. The van der Waals surface area contributed by atoms with Gasteiger partial charge in [0, 0.05) is 11.8 Å².